The average Bonchev–Trinajstić information content (AvgIpc) is 4.10. The van der Waals surface area contributed by atoms with Crippen LogP contribution in [0.4, 0.5) is 0 Å². The summed E-state index contributed by atoms with van der Waals surface area (Å²) in [6, 6.07) is 25.3. The van der Waals surface area contributed by atoms with Crippen LogP contribution in [-0.4, -0.2) is 144 Å². The van der Waals surface area contributed by atoms with Crippen molar-refractivity contribution in [2.24, 2.45) is 16.7 Å². The maximum Gasteiger partial charge on any atom is 0.243 e. The summed E-state index contributed by atoms with van der Waals surface area (Å²) >= 11 is 0. The molecule has 4 aromatic rings. The number of carbonyl (C=O) groups is 6. The van der Waals surface area contributed by atoms with Gasteiger partial charge in [-0.15, -0.1) is 24.8 Å². The topological polar surface area (TPSA) is 222 Å². The molecule has 16 nitrogen and oxygen atoms in total. The molecule has 444 valence electrons. The van der Waals surface area contributed by atoms with Crippen LogP contribution in [0.2, 0.25) is 0 Å². The normalized spacial score (nSPS) is 16.6. The lowest BCUT2D eigenvalue weighted by Crippen LogP contribution is -2.55. The lowest BCUT2D eigenvalue weighted by molar-refractivity contribution is -0.145. The molecule has 2 aliphatic heterocycles. The molecule has 4 aromatic carbocycles. The van der Waals surface area contributed by atoms with Gasteiger partial charge in [0.05, 0.1) is 11.7 Å². The van der Waals surface area contributed by atoms with Crippen LogP contribution in [0.1, 0.15) is 125 Å². The largest absolute Gasteiger partial charge is 0.390 e. The van der Waals surface area contributed by atoms with Crippen molar-refractivity contribution in [3.05, 3.63) is 96.1 Å². The van der Waals surface area contributed by atoms with Crippen LogP contribution < -0.4 is 31.9 Å². The van der Waals surface area contributed by atoms with E-state index >= 15 is 0 Å². The van der Waals surface area contributed by atoms with E-state index in [0.717, 1.165) is 64.9 Å². The molecule has 2 aliphatic rings. The van der Waals surface area contributed by atoms with Gasteiger partial charge in [-0.25, -0.2) is 0 Å². The summed E-state index contributed by atoms with van der Waals surface area (Å²) in [6.07, 6.45) is 5.41. The van der Waals surface area contributed by atoms with Gasteiger partial charge < -0.3 is 51.9 Å². The molecule has 0 bridgehead atoms. The Morgan fingerprint density at radius 1 is 0.575 bits per heavy atom. The summed E-state index contributed by atoms with van der Waals surface area (Å²) in [5.74, 6) is -0.762. The Kier molecular flexibility index (Phi) is 27.8. The Bertz CT molecular complexity index is 2630. The molecule has 0 aliphatic carbocycles. The number of amides is 6. The first-order valence-electron chi connectivity index (χ1n) is 28.4. The molecule has 6 rings (SSSR count). The molecule has 5 atom stereocenters. The first kappa shape index (κ1) is 68.9. The van der Waals surface area contributed by atoms with Crippen molar-refractivity contribution >= 4 is 81.8 Å². The fourth-order valence-corrected chi connectivity index (χ4v) is 9.97. The van der Waals surface area contributed by atoms with Gasteiger partial charge in [0.2, 0.25) is 35.4 Å². The molecule has 0 spiro atoms. The molecule has 8 N–H and O–H groups in total. The second-order valence-corrected chi connectivity index (χ2v) is 24.1. The van der Waals surface area contributed by atoms with Gasteiger partial charge in [-0.3, -0.25) is 28.8 Å². The van der Waals surface area contributed by atoms with Crippen molar-refractivity contribution in [1.29, 1.82) is 0 Å². The van der Waals surface area contributed by atoms with E-state index in [1.807, 2.05) is 126 Å². The number of halogens is 2. The number of hydrogen-bond acceptors (Lipinski definition) is 10. The minimum atomic E-state index is -0.842. The van der Waals surface area contributed by atoms with E-state index in [4.69, 9.17) is 0 Å². The Morgan fingerprint density at radius 3 is 1.44 bits per heavy atom. The number of nitrogens with zero attached hydrogens (tertiary/aromatic N) is 2. The molecule has 2 fully saturated rings. The van der Waals surface area contributed by atoms with Gasteiger partial charge in [0.1, 0.15) is 24.2 Å². The summed E-state index contributed by atoms with van der Waals surface area (Å²) in [6.45, 7) is 22.8. The van der Waals surface area contributed by atoms with E-state index < -0.39 is 46.7 Å². The quantitative estimate of drug-likeness (QED) is 0.0335. The lowest BCUT2D eigenvalue weighted by Gasteiger charge is -2.31. The van der Waals surface area contributed by atoms with E-state index in [0.29, 0.717) is 77.3 Å². The zero-order valence-corrected chi connectivity index (χ0v) is 50.8. The summed E-state index contributed by atoms with van der Waals surface area (Å²) in [4.78, 5) is 82.7. The van der Waals surface area contributed by atoms with Gasteiger partial charge in [-0.05, 0) is 97.6 Å². The predicted molar refractivity (Wildman–Crippen MR) is 325 cm³/mol. The zero-order valence-electron chi connectivity index (χ0n) is 49.1. The highest BCUT2D eigenvalue weighted by atomic mass is 35.5. The molecule has 0 radical (unpaired) electrons. The van der Waals surface area contributed by atoms with Crippen LogP contribution in [-0.2, 0) is 41.6 Å². The molecule has 0 saturated carbocycles. The van der Waals surface area contributed by atoms with Crippen LogP contribution in [0.15, 0.2) is 84.9 Å². The minimum Gasteiger partial charge on any atom is -0.390 e. The summed E-state index contributed by atoms with van der Waals surface area (Å²) in [7, 11) is 0. The molecular weight excluding hydrogens is 1060 g/mol. The number of carbonyl (C=O) groups excluding carboxylic acids is 6. The zero-order chi connectivity index (χ0) is 57.2. The second-order valence-electron chi connectivity index (χ2n) is 24.1. The number of benzene rings is 4. The minimum absolute atomic E-state index is 0. The Labute approximate surface area is 488 Å². The highest BCUT2D eigenvalue weighted by Gasteiger charge is 2.41. The number of hydrogen-bond donors (Lipinski definition) is 8. The molecule has 2 saturated heterocycles. The molecule has 18 heteroatoms. The number of rotatable bonds is 24. The maximum atomic E-state index is 13.5. The van der Waals surface area contributed by atoms with Crippen molar-refractivity contribution in [2.45, 2.75) is 163 Å². The van der Waals surface area contributed by atoms with Gasteiger partial charge in [-0.1, -0.05) is 153 Å². The summed E-state index contributed by atoms with van der Waals surface area (Å²) < 4.78 is 0. The number of likely N-dealkylation sites (tertiary alicyclic amines) is 2. The third-order valence-electron chi connectivity index (χ3n) is 14.6. The van der Waals surface area contributed by atoms with Crippen molar-refractivity contribution in [1.82, 2.24) is 41.7 Å². The number of aliphatic hydroxyl groups is 2. The van der Waals surface area contributed by atoms with E-state index in [1.165, 1.54) is 0 Å². The monoisotopic (exact) mass is 1150 g/mol. The number of nitrogens with one attached hydrogen (secondary N) is 6. The Hall–Kier alpha value is -5.36. The van der Waals surface area contributed by atoms with E-state index in [1.54, 1.807) is 23.6 Å². The first-order valence-corrected chi connectivity index (χ1v) is 28.4. The summed E-state index contributed by atoms with van der Waals surface area (Å²) in [5.41, 5.74) is -0.0978. The van der Waals surface area contributed by atoms with E-state index in [9.17, 15) is 39.0 Å². The molecule has 6 amide bonds. The molecule has 80 heavy (non-hydrogen) atoms. The third-order valence-corrected chi connectivity index (χ3v) is 14.6. The van der Waals surface area contributed by atoms with Gasteiger partial charge in [0.15, 0.2) is 0 Å². The van der Waals surface area contributed by atoms with Crippen molar-refractivity contribution < 1.29 is 39.0 Å². The third kappa shape index (κ3) is 21.5. The van der Waals surface area contributed by atoms with Gasteiger partial charge >= 0.3 is 0 Å². The van der Waals surface area contributed by atoms with Crippen molar-refractivity contribution in [2.75, 3.05) is 52.4 Å². The van der Waals surface area contributed by atoms with Crippen LogP contribution in [0.25, 0.3) is 21.5 Å². The van der Waals surface area contributed by atoms with E-state index in [-0.39, 0.29) is 66.8 Å². The van der Waals surface area contributed by atoms with Crippen LogP contribution in [0.3, 0.4) is 0 Å². The van der Waals surface area contributed by atoms with Crippen LogP contribution in [0, 0.1) is 16.7 Å². The maximum absolute atomic E-state index is 13.5. The van der Waals surface area contributed by atoms with Crippen molar-refractivity contribution in [3.8, 4) is 0 Å². The van der Waals surface area contributed by atoms with Gasteiger partial charge in [0.25, 0.3) is 0 Å². The van der Waals surface area contributed by atoms with Gasteiger partial charge in [0, 0.05) is 62.9 Å². The lowest BCUT2D eigenvalue weighted by atomic mass is 9.94. The fourth-order valence-electron chi connectivity index (χ4n) is 9.97. The predicted octanol–water partition coefficient (Wildman–Crippen LogP) is 7.02. The number of fused-ring (bicyclic) bond motifs is 2. The first-order chi connectivity index (χ1) is 36.9. The molecule has 2 heterocycles. The SMILES string of the molecule is CC(C)(O)CNCCCNC(=O)[C@@H](Cc1ccc2ccccc2c1)NC(=O)[C@@H]1CCCN1C(=O)C(C)(C)C.CCC(CC)CNCC(O)CNC(=O)[C@@H](Cc1ccc2ccccc2c1)NC(=O)[C@@H]1CCCN1C(=O)C(C)(C)C.Cl.Cl. The molecular formula is C62H94Cl2N8O8. The smallest absolute Gasteiger partial charge is 0.243 e. The average molecular weight is 1150 g/mol. The van der Waals surface area contributed by atoms with Crippen LogP contribution >= 0.6 is 24.8 Å². The second kappa shape index (κ2) is 32.3. The van der Waals surface area contributed by atoms with Crippen molar-refractivity contribution in [3.63, 3.8) is 0 Å². The molecule has 0 aromatic heterocycles. The Morgan fingerprint density at radius 2 is 1.01 bits per heavy atom. The van der Waals surface area contributed by atoms with Gasteiger partial charge in [-0.2, -0.15) is 0 Å². The standard InChI is InChI=1S/C32H48N4O4.C30H44N4O4.2ClH/c1-6-22(7-2)19-33-20-26(37)21-34-29(38)27(18-23-14-15-24-11-8-9-12-25(24)17-23)35-30(39)28-13-10-16-36(28)31(40)32(3,4)5;1-29(2,3)28(37)34-17-8-12-25(34)27(36)33-24(26(35)32-16-9-15-31-20-30(4,5)38)19-21-13-14-22-10-6-7-11-23(22)18-21;;/h8-9,11-12,14-15,17,22,26-28,33,37H,6-7,10,13,16,18-21H2,1-5H3,(H,34,38)(H,35,39);6-7,10-11,13-14,18,24-25,31,38H,8-9,12,15-17,19-20H2,1-5H3,(H,32,35)(H,33,36);2*1H/t26?,27-,28+;24-,25+;;/m11../s1. The Balaban J connectivity index is 0.000000410. The van der Waals surface area contributed by atoms with Crippen LogP contribution in [0.5, 0.6) is 0 Å². The highest BCUT2D eigenvalue weighted by molar-refractivity contribution is 5.95. The van der Waals surface area contributed by atoms with E-state index in [2.05, 4.69) is 45.7 Å². The summed E-state index contributed by atoms with van der Waals surface area (Å²) in [5, 5.41) is 42.8. The highest BCUT2D eigenvalue weighted by Crippen LogP contribution is 2.28. The fraction of sp³-hybridized carbons (Fsp3) is 0.581. The molecule has 1 unspecified atom stereocenters. The number of aliphatic hydroxyl groups excluding tert-OH is 1.